The Bertz CT molecular complexity index is 494. The molecule has 0 radical (unpaired) electrons. The lowest BCUT2D eigenvalue weighted by molar-refractivity contribution is -0.128. The van der Waals surface area contributed by atoms with E-state index in [-0.39, 0.29) is 24.2 Å². The minimum atomic E-state index is -0.0207. The fraction of sp³-hybridized carbons (Fsp3) is 0.467. The smallest absolute Gasteiger partial charge is 0.234 e. The van der Waals surface area contributed by atoms with Crippen LogP contribution in [0.5, 0.6) is 0 Å². The second-order valence-corrected chi connectivity index (χ2v) is 5.05. The summed E-state index contributed by atoms with van der Waals surface area (Å²) in [7, 11) is 1.74. The van der Waals surface area contributed by atoms with Gasteiger partial charge < -0.3 is 15.5 Å². The summed E-state index contributed by atoms with van der Waals surface area (Å²) in [6, 6.07) is 8.01. The highest BCUT2D eigenvalue weighted by Crippen LogP contribution is 2.15. The molecule has 0 saturated carbocycles. The van der Waals surface area contributed by atoms with Gasteiger partial charge >= 0.3 is 0 Å². The molecule has 6 heteroatoms. The van der Waals surface area contributed by atoms with E-state index in [4.69, 9.17) is 0 Å². The molecule has 0 aromatic heterocycles. The maximum Gasteiger partial charge on any atom is 0.234 e. The zero-order valence-electron chi connectivity index (χ0n) is 12.2. The molecule has 2 N–H and O–H groups in total. The molecule has 1 aliphatic rings. The van der Waals surface area contributed by atoms with Gasteiger partial charge in [0.2, 0.25) is 11.8 Å². The average molecular weight is 312 g/mol. The van der Waals surface area contributed by atoms with E-state index in [2.05, 4.69) is 10.6 Å². The molecule has 1 saturated heterocycles. The summed E-state index contributed by atoms with van der Waals surface area (Å²) in [6.07, 6.45) is 1.62. The van der Waals surface area contributed by atoms with Crippen molar-refractivity contribution in [3.63, 3.8) is 0 Å². The Hall–Kier alpha value is -1.59. The van der Waals surface area contributed by atoms with Gasteiger partial charge in [-0.25, -0.2) is 0 Å². The summed E-state index contributed by atoms with van der Waals surface area (Å²) >= 11 is 0. The number of amides is 2. The fourth-order valence-corrected chi connectivity index (χ4v) is 2.35. The number of nitrogens with one attached hydrogen (secondary N) is 2. The van der Waals surface area contributed by atoms with Crippen molar-refractivity contribution in [2.24, 2.45) is 0 Å². The molecule has 5 nitrogen and oxygen atoms in total. The maximum absolute atomic E-state index is 11.6. The number of likely N-dealkylation sites (tertiary alicyclic amines) is 1. The summed E-state index contributed by atoms with van der Waals surface area (Å²) in [5.41, 5.74) is 2.17. The van der Waals surface area contributed by atoms with Crippen LogP contribution in [-0.2, 0) is 22.7 Å². The largest absolute Gasteiger partial charge is 0.351 e. The zero-order chi connectivity index (χ0) is 14.4. The van der Waals surface area contributed by atoms with Crippen molar-refractivity contribution < 1.29 is 9.59 Å². The Kier molecular flexibility index (Phi) is 7.19. The van der Waals surface area contributed by atoms with Crippen LogP contribution in [0.3, 0.4) is 0 Å². The second kappa shape index (κ2) is 8.64. The van der Waals surface area contributed by atoms with E-state index in [0.717, 1.165) is 24.1 Å². The Morgan fingerprint density at radius 2 is 2.10 bits per heavy atom. The summed E-state index contributed by atoms with van der Waals surface area (Å²) in [5.74, 6) is 0.213. The summed E-state index contributed by atoms with van der Waals surface area (Å²) in [6.45, 7) is 2.35. The number of nitrogens with zero attached hydrogens (tertiary/aromatic N) is 1. The van der Waals surface area contributed by atoms with Crippen molar-refractivity contribution in [3.8, 4) is 0 Å². The molecule has 0 atom stereocenters. The number of halogens is 1. The average Bonchev–Trinajstić information content (AvgIpc) is 2.83. The molecule has 2 rings (SSSR count). The second-order valence-electron chi connectivity index (χ2n) is 5.05. The lowest BCUT2D eigenvalue weighted by Crippen LogP contribution is -2.31. The van der Waals surface area contributed by atoms with Crippen LogP contribution in [0.15, 0.2) is 24.3 Å². The highest BCUT2D eigenvalue weighted by atomic mass is 35.5. The number of hydrogen-bond acceptors (Lipinski definition) is 3. The molecule has 1 heterocycles. The minimum absolute atomic E-state index is 0. The zero-order valence-corrected chi connectivity index (χ0v) is 13.0. The molecule has 2 amide bonds. The molecule has 0 aliphatic carbocycles. The molecule has 1 aromatic rings. The molecule has 0 bridgehead atoms. The van der Waals surface area contributed by atoms with Crippen LogP contribution in [0.1, 0.15) is 24.0 Å². The van der Waals surface area contributed by atoms with Crippen LogP contribution in [0.2, 0.25) is 0 Å². The van der Waals surface area contributed by atoms with E-state index < -0.39 is 0 Å². The van der Waals surface area contributed by atoms with Gasteiger partial charge in [0.25, 0.3) is 0 Å². The Morgan fingerprint density at radius 1 is 1.33 bits per heavy atom. The molecule has 0 spiro atoms. The topological polar surface area (TPSA) is 61.4 Å². The SMILES string of the molecule is CNCC(=O)NCc1cccc(CN2CCCC2=O)c1.Cl. The van der Waals surface area contributed by atoms with Crippen molar-refractivity contribution in [2.75, 3.05) is 20.1 Å². The molecule has 1 aromatic carbocycles. The van der Waals surface area contributed by atoms with E-state index in [1.807, 2.05) is 29.2 Å². The summed E-state index contributed by atoms with van der Waals surface area (Å²) in [5, 5.41) is 5.66. The molecular weight excluding hydrogens is 290 g/mol. The van der Waals surface area contributed by atoms with Crippen molar-refractivity contribution in [1.29, 1.82) is 0 Å². The lowest BCUT2D eigenvalue weighted by atomic mass is 10.1. The van der Waals surface area contributed by atoms with Gasteiger partial charge in [0, 0.05) is 26.1 Å². The van der Waals surface area contributed by atoms with Crippen LogP contribution in [0, 0.1) is 0 Å². The lowest BCUT2D eigenvalue weighted by Gasteiger charge is -2.16. The normalized spacial score (nSPS) is 14.0. The molecule has 1 fully saturated rings. The minimum Gasteiger partial charge on any atom is -0.351 e. The van der Waals surface area contributed by atoms with Gasteiger partial charge in [-0.2, -0.15) is 0 Å². The van der Waals surface area contributed by atoms with Gasteiger partial charge in [-0.15, -0.1) is 12.4 Å². The van der Waals surface area contributed by atoms with E-state index in [1.54, 1.807) is 7.05 Å². The van der Waals surface area contributed by atoms with Crippen LogP contribution in [-0.4, -0.2) is 36.9 Å². The van der Waals surface area contributed by atoms with Gasteiger partial charge in [-0.3, -0.25) is 9.59 Å². The summed E-state index contributed by atoms with van der Waals surface area (Å²) < 4.78 is 0. The molecule has 0 unspecified atom stereocenters. The van der Waals surface area contributed by atoms with Crippen LogP contribution >= 0.6 is 12.4 Å². The monoisotopic (exact) mass is 311 g/mol. The highest BCUT2D eigenvalue weighted by Gasteiger charge is 2.19. The first-order chi connectivity index (χ1) is 9.69. The van der Waals surface area contributed by atoms with Crippen LogP contribution < -0.4 is 10.6 Å². The number of carbonyl (C=O) groups excluding carboxylic acids is 2. The summed E-state index contributed by atoms with van der Waals surface area (Å²) in [4.78, 5) is 24.9. The predicted molar refractivity (Wildman–Crippen MR) is 84.1 cm³/mol. The first-order valence-electron chi connectivity index (χ1n) is 6.96. The standard InChI is InChI=1S/C15H21N3O2.ClH/c1-16-10-14(19)17-9-12-4-2-5-13(8-12)11-18-7-3-6-15(18)20;/h2,4-5,8,16H,3,6-7,9-11H2,1H3,(H,17,19);1H. The van der Waals surface area contributed by atoms with E-state index >= 15 is 0 Å². The number of hydrogen-bond donors (Lipinski definition) is 2. The third-order valence-corrected chi connectivity index (χ3v) is 3.36. The first kappa shape index (κ1) is 17.5. The first-order valence-corrected chi connectivity index (χ1v) is 6.96. The maximum atomic E-state index is 11.6. The van der Waals surface area contributed by atoms with Crippen molar-refractivity contribution in [2.45, 2.75) is 25.9 Å². The fourth-order valence-electron chi connectivity index (χ4n) is 2.35. The van der Waals surface area contributed by atoms with Gasteiger partial charge in [0.05, 0.1) is 6.54 Å². The highest BCUT2D eigenvalue weighted by molar-refractivity contribution is 5.85. The molecule has 116 valence electrons. The Labute approximate surface area is 131 Å². The quantitative estimate of drug-likeness (QED) is 0.826. The molecule has 1 aliphatic heterocycles. The van der Waals surface area contributed by atoms with E-state index in [1.165, 1.54) is 0 Å². The van der Waals surface area contributed by atoms with Gasteiger partial charge in [0.1, 0.15) is 0 Å². The van der Waals surface area contributed by atoms with Gasteiger partial charge in [-0.05, 0) is 24.6 Å². The third kappa shape index (κ3) is 5.36. The number of benzene rings is 1. The van der Waals surface area contributed by atoms with Crippen molar-refractivity contribution in [1.82, 2.24) is 15.5 Å². The Balaban J connectivity index is 0.00000220. The third-order valence-electron chi connectivity index (χ3n) is 3.36. The van der Waals surface area contributed by atoms with Crippen molar-refractivity contribution >= 4 is 24.2 Å². The number of carbonyl (C=O) groups is 2. The van der Waals surface area contributed by atoms with E-state index in [9.17, 15) is 9.59 Å². The van der Waals surface area contributed by atoms with Crippen molar-refractivity contribution in [3.05, 3.63) is 35.4 Å². The molecular formula is C15H22ClN3O2. The van der Waals surface area contributed by atoms with Crippen LogP contribution in [0.25, 0.3) is 0 Å². The van der Waals surface area contributed by atoms with Crippen LogP contribution in [0.4, 0.5) is 0 Å². The Morgan fingerprint density at radius 3 is 2.76 bits per heavy atom. The number of rotatable bonds is 6. The molecule has 21 heavy (non-hydrogen) atoms. The van der Waals surface area contributed by atoms with Gasteiger partial charge in [0.15, 0.2) is 0 Å². The van der Waals surface area contributed by atoms with Gasteiger partial charge in [-0.1, -0.05) is 24.3 Å². The van der Waals surface area contributed by atoms with E-state index in [0.29, 0.717) is 26.1 Å². The number of likely N-dealkylation sites (N-methyl/N-ethyl adjacent to an activating group) is 1. The predicted octanol–water partition coefficient (Wildman–Crippen LogP) is 1.07.